The Labute approximate surface area is 119 Å². The molecule has 1 aliphatic carbocycles. The highest BCUT2D eigenvalue weighted by molar-refractivity contribution is 5.66. The first-order valence-corrected chi connectivity index (χ1v) is 7.24. The second-order valence-corrected chi connectivity index (χ2v) is 6.27. The Morgan fingerprint density at radius 1 is 1.30 bits per heavy atom. The number of likely N-dealkylation sites (tertiary alicyclic amines) is 1. The van der Waals surface area contributed by atoms with E-state index in [2.05, 4.69) is 12.1 Å². The van der Waals surface area contributed by atoms with Crippen molar-refractivity contribution in [1.29, 1.82) is 0 Å². The molecule has 2 fully saturated rings. The van der Waals surface area contributed by atoms with Gasteiger partial charge in [-0.2, -0.15) is 0 Å². The average molecular weight is 275 g/mol. The Balaban J connectivity index is 1.83. The number of hydrogen-bond donors (Lipinski definition) is 2. The summed E-state index contributed by atoms with van der Waals surface area (Å²) in [6.07, 6.45) is 2.42. The topological polar surface area (TPSA) is 60.8 Å². The maximum atomic E-state index is 11.2. The number of carbonyl (C=O) groups is 1. The van der Waals surface area contributed by atoms with Crippen molar-refractivity contribution in [1.82, 2.24) is 4.90 Å². The maximum absolute atomic E-state index is 11.2. The van der Waals surface area contributed by atoms with Crippen LogP contribution in [0.2, 0.25) is 0 Å². The van der Waals surface area contributed by atoms with Gasteiger partial charge in [-0.25, -0.2) is 4.79 Å². The number of aliphatic hydroxyl groups is 1. The molecule has 1 saturated carbocycles. The highest BCUT2D eigenvalue weighted by atomic mass is 16.4. The maximum Gasteiger partial charge on any atom is 0.407 e. The van der Waals surface area contributed by atoms with E-state index >= 15 is 0 Å². The summed E-state index contributed by atoms with van der Waals surface area (Å²) in [4.78, 5) is 12.6. The molecule has 1 saturated heterocycles. The Morgan fingerprint density at radius 3 is 2.45 bits per heavy atom. The monoisotopic (exact) mass is 275 g/mol. The molecule has 0 spiro atoms. The Morgan fingerprint density at radius 2 is 1.95 bits per heavy atom. The van der Waals surface area contributed by atoms with Crippen molar-refractivity contribution in [2.24, 2.45) is 5.41 Å². The van der Waals surface area contributed by atoms with Gasteiger partial charge in [0.25, 0.3) is 0 Å². The van der Waals surface area contributed by atoms with E-state index in [4.69, 9.17) is 0 Å². The normalized spacial score (nSPS) is 31.3. The fraction of sp³-hybridized carbons (Fsp3) is 0.562. The van der Waals surface area contributed by atoms with Gasteiger partial charge in [0, 0.05) is 12.0 Å². The SMILES string of the molecule is C[C@@H]1N(C(=O)O)CC[C@@]1(O)C1(Cc2ccccc2)CC1. The van der Waals surface area contributed by atoms with E-state index < -0.39 is 11.7 Å². The van der Waals surface area contributed by atoms with Gasteiger partial charge >= 0.3 is 6.09 Å². The van der Waals surface area contributed by atoms with Crippen LogP contribution in [0.3, 0.4) is 0 Å². The minimum atomic E-state index is -0.927. The van der Waals surface area contributed by atoms with Gasteiger partial charge in [-0.1, -0.05) is 30.3 Å². The van der Waals surface area contributed by atoms with Gasteiger partial charge < -0.3 is 15.1 Å². The molecule has 1 amide bonds. The van der Waals surface area contributed by atoms with Crippen molar-refractivity contribution < 1.29 is 15.0 Å². The smallest absolute Gasteiger partial charge is 0.407 e. The van der Waals surface area contributed by atoms with Gasteiger partial charge in [-0.15, -0.1) is 0 Å². The van der Waals surface area contributed by atoms with E-state index in [9.17, 15) is 15.0 Å². The molecule has 1 heterocycles. The van der Waals surface area contributed by atoms with Gasteiger partial charge in [0.2, 0.25) is 0 Å². The first-order chi connectivity index (χ1) is 9.48. The van der Waals surface area contributed by atoms with E-state index in [1.165, 1.54) is 10.5 Å². The Kier molecular flexibility index (Phi) is 3.01. The highest BCUT2D eigenvalue weighted by Gasteiger charge is 2.64. The van der Waals surface area contributed by atoms with Crippen molar-refractivity contribution in [3.8, 4) is 0 Å². The minimum absolute atomic E-state index is 0.141. The molecule has 0 bridgehead atoms. The summed E-state index contributed by atoms with van der Waals surface area (Å²) in [5, 5.41) is 20.3. The van der Waals surface area contributed by atoms with Crippen LogP contribution in [0.5, 0.6) is 0 Å². The summed E-state index contributed by atoms with van der Waals surface area (Å²) < 4.78 is 0. The summed E-state index contributed by atoms with van der Waals surface area (Å²) in [7, 11) is 0. The van der Waals surface area contributed by atoms with Crippen LogP contribution in [0.15, 0.2) is 30.3 Å². The molecule has 2 N–H and O–H groups in total. The van der Waals surface area contributed by atoms with Crippen LogP contribution >= 0.6 is 0 Å². The molecule has 20 heavy (non-hydrogen) atoms. The molecular weight excluding hydrogens is 254 g/mol. The van der Waals surface area contributed by atoms with Gasteiger partial charge in [-0.05, 0) is 38.2 Å². The van der Waals surface area contributed by atoms with Crippen LogP contribution in [-0.2, 0) is 6.42 Å². The number of hydrogen-bond acceptors (Lipinski definition) is 2. The van der Waals surface area contributed by atoms with Gasteiger partial charge in [0.15, 0.2) is 0 Å². The molecule has 1 aliphatic heterocycles. The zero-order valence-corrected chi connectivity index (χ0v) is 11.7. The molecule has 1 aromatic carbocycles. The number of nitrogens with zero attached hydrogens (tertiary/aromatic N) is 1. The molecule has 2 atom stereocenters. The summed E-state index contributed by atoms with van der Waals surface area (Å²) >= 11 is 0. The highest BCUT2D eigenvalue weighted by Crippen LogP contribution is 2.60. The predicted molar refractivity (Wildman–Crippen MR) is 75.6 cm³/mol. The van der Waals surface area contributed by atoms with Gasteiger partial charge in [0.1, 0.15) is 0 Å². The fourth-order valence-electron chi connectivity index (χ4n) is 3.82. The number of carboxylic acid groups (broad SMARTS) is 1. The van der Waals surface area contributed by atoms with Crippen molar-refractivity contribution in [2.45, 2.75) is 44.2 Å². The van der Waals surface area contributed by atoms with Crippen molar-refractivity contribution in [3.05, 3.63) is 35.9 Å². The lowest BCUT2D eigenvalue weighted by Gasteiger charge is -2.38. The third kappa shape index (κ3) is 1.90. The summed E-state index contributed by atoms with van der Waals surface area (Å²) in [5.41, 5.74) is 0.193. The molecule has 0 aromatic heterocycles. The molecule has 0 unspecified atom stereocenters. The second kappa shape index (κ2) is 4.48. The van der Waals surface area contributed by atoms with Crippen LogP contribution in [0.1, 0.15) is 31.7 Å². The number of rotatable bonds is 3. The van der Waals surface area contributed by atoms with Gasteiger partial charge in [0.05, 0.1) is 11.6 Å². The first-order valence-electron chi connectivity index (χ1n) is 7.24. The molecule has 4 heteroatoms. The number of amides is 1. The fourth-order valence-corrected chi connectivity index (χ4v) is 3.82. The summed E-state index contributed by atoms with van der Waals surface area (Å²) in [6.45, 7) is 2.27. The molecular formula is C16H21NO3. The standard InChI is InChI=1S/C16H21NO3/c1-12-16(20,9-10-17(12)14(18)19)15(7-8-15)11-13-5-3-2-4-6-13/h2-6,12,20H,7-11H2,1H3,(H,18,19)/t12-,16-/m0/s1. The predicted octanol–water partition coefficient (Wildman–Crippen LogP) is 2.51. The molecule has 4 nitrogen and oxygen atoms in total. The van der Waals surface area contributed by atoms with Crippen LogP contribution in [-0.4, -0.2) is 39.4 Å². The molecule has 1 aromatic rings. The zero-order chi connectivity index (χ0) is 14.4. The summed E-state index contributed by atoms with van der Waals surface area (Å²) in [6, 6.07) is 9.85. The minimum Gasteiger partial charge on any atom is -0.465 e. The number of benzene rings is 1. The van der Waals surface area contributed by atoms with Crippen molar-refractivity contribution >= 4 is 6.09 Å². The van der Waals surface area contributed by atoms with E-state index in [1.54, 1.807) is 0 Å². The lowest BCUT2D eigenvalue weighted by molar-refractivity contribution is -0.0522. The van der Waals surface area contributed by atoms with Crippen LogP contribution in [0.25, 0.3) is 0 Å². The molecule has 0 radical (unpaired) electrons. The Bertz CT molecular complexity index is 512. The Hall–Kier alpha value is -1.55. The van der Waals surface area contributed by atoms with E-state index in [1.807, 2.05) is 25.1 Å². The molecule has 3 rings (SSSR count). The quantitative estimate of drug-likeness (QED) is 0.891. The third-order valence-electron chi connectivity index (χ3n) is 5.30. The van der Waals surface area contributed by atoms with Gasteiger partial charge in [-0.3, -0.25) is 0 Å². The largest absolute Gasteiger partial charge is 0.465 e. The second-order valence-electron chi connectivity index (χ2n) is 6.27. The third-order valence-corrected chi connectivity index (χ3v) is 5.30. The molecule has 2 aliphatic rings. The van der Waals surface area contributed by atoms with Crippen molar-refractivity contribution in [3.63, 3.8) is 0 Å². The first kappa shape index (κ1) is 13.4. The van der Waals surface area contributed by atoms with E-state index in [0.717, 1.165) is 19.3 Å². The molecule has 108 valence electrons. The summed E-state index contributed by atoms with van der Waals surface area (Å²) in [5.74, 6) is 0. The van der Waals surface area contributed by atoms with Crippen LogP contribution < -0.4 is 0 Å². The van der Waals surface area contributed by atoms with E-state index in [0.29, 0.717) is 13.0 Å². The van der Waals surface area contributed by atoms with Crippen LogP contribution in [0.4, 0.5) is 4.79 Å². The van der Waals surface area contributed by atoms with E-state index in [-0.39, 0.29) is 11.5 Å². The average Bonchev–Trinajstić information content (AvgIpc) is 3.13. The van der Waals surface area contributed by atoms with Crippen LogP contribution in [0, 0.1) is 5.41 Å². The lowest BCUT2D eigenvalue weighted by atomic mass is 9.75. The lowest BCUT2D eigenvalue weighted by Crippen LogP contribution is -2.51. The van der Waals surface area contributed by atoms with Crippen molar-refractivity contribution in [2.75, 3.05) is 6.54 Å². The zero-order valence-electron chi connectivity index (χ0n) is 11.7.